The minimum absolute atomic E-state index is 0.538. The van der Waals surface area contributed by atoms with Crippen molar-refractivity contribution in [2.75, 3.05) is 13.2 Å². The molecule has 8 heteroatoms. The van der Waals surface area contributed by atoms with E-state index in [2.05, 4.69) is 0 Å². The van der Waals surface area contributed by atoms with Crippen LogP contribution in [0.5, 0.6) is 0 Å². The van der Waals surface area contributed by atoms with E-state index in [0.29, 0.717) is 0 Å². The van der Waals surface area contributed by atoms with Gasteiger partial charge in [0.2, 0.25) is 0 Å². The molecule has 0 saturated carbocycles. The van der Waals surface area contributed by atoms with Gasteiger partial charge in [0.05, 0.1) is 13.2 Å². The van der Waals surface area contributed by atoms with Gasteiger partial charge in [0.15, 0.2) is 5.78 Å². The Balaban J connectivity index is 4.47. The number of aliphatic hydroxyl groups excluding tert-OH is 6. The predicted molar refractivity (Wildman–Crippen MR) is 51.2 cm³/mol. The Morgan fingerprint density at radius 3 is 1.88 bits per heavy atom. The number of hydrogen-bond acceptors (Lipinski definition) is 8. The minimum atomic E-state index is -1.99. The Morgan fingerprint density at radius 1 is 1.00 bits per heavy atom. The molecule has 0 aromatic rings. The van der Waals surface area contributed by atoms with Crippen LogP contribution in [0.15, 0.2) is 0 Å². The van der Waals surface area contributed by atoms with Crippen molar-refractivity contribution in [3.05, 3.63) is 0 Å². The minimum Gasteiger partial charge on any atom is -0.394 e. The number of nitrogens with two attached hydrogens (primary N) is 1. The van der Waals surface area contributed by atoms with Gasteiger partial charge in [-0.2, -0.15) is 0 Å². The van der Waals surface area contributed by atoms with Gasteiger partial charge in [-0.25, -0.2) is 0 Å². The zero-order valence-electron chi connectivity index (χ0n) is 8.47. The van der Waals surface area contributed by atoms with E-state index in [9.17, 15) is 20.1 Å². The first-order valence-corrected chi connectivity index (χ1v) is 4.60. The standard InChI is InChI=1S/C8H17NO7/c9-1-3(11)5(13)7(15)8(16)6(14)4(12)2-10/h4-8,10,12-16H,1-2,9H2. The van der Waals surface area contributed by atoms with Crippen molar-refractivity contribution in [1.82, 2.24) is 0 Å². The Bertz CT molecular complexity index is 224. The monoisotopic (exact) mass is 239 g/mol. The van der Waals surface area contributed by atoms with Crippen LogP contribution in [-0.4, -0.2) is 80.1 Å². The molecule has 16 heavy (non-hydrogen) atoms. The van der Waals surface area contributed by atoms with Gasteiger partial charge in [0.1, 0.15) is 30.5 Å². The first-order chi connectivity index (χ1) is 7.36. The first kappa shape index (κ1) is 15.4. The molecular weight excluding hydrogens is 222 g/mol. The second-order valence-corrected chi connectivity index (χ2v) is 3.34. The van der Waals surface area contributed by atoms with E-state index < -0.39 is 49.5 Å². The van der Waals surface area contributed by atoms with Crippen molar-refractivity contribution in [3.8, 4) is 0 Å². The molecule has 0 saturated heterocycles. The Morgan fingerprint density at radius 2 is 1.50 bits per heavy atom. The largest absolute Gasteiger partial charge is 0.394 e. The average Bonchev–Trinajstić information content (AvgIpc) is 2.32. The zero-order chi connectivity index (χ0) is 12.9. The van der Waals surface area contributed by atoms with Crippen molar-refractivity contribution in [2.24, 2.45) is 5.73 Å². The second kappa shape index (κ2) is 6.86. The number of Topliss-reactive ketones (excluding diaryl/α,β-unsaturated/α-hetero) is 1. The highest BCUT2D eigenvalue weighted by atomic mass is 16.4. The molecule has 0 heterocycles. The lowest BCUT2D eigenvalue weighted by atomic mass is 9.97. The third-order valence-electron chi connectivity index (χ3n) is 2.14. The molecule has 0 aliphatic rings. The van der Waals surface area contributed by atoms with Crippen LogP contribution >= 0.6 is 0 Å². The number of carbonyl (C=O) groups excluding carboxylic acids is 1. The van der Waals surface area contributed by atoms with E-state index >= 15 is 0 Å². The molecule has 0 aliphatic heterocycles. The number of rotatable bonds is 7. The molecule has 96 valence electrons. The van der Waals surface area contributed by atoms with Crippen molar-refractivity contribution < 1.29 is 35.4 Å². The average molecular weight is 239 g/mol. The number of ketones is 1. The van der Waals surface area contributed by atoms with E-state index in [4.69, 9.17) is 21.1 Å². The van der Waals surface area contributed by atoms with Crippen LogP contribution in [0.1, 0.15) is 0 Å². The van der Waals surface area contributed by atoms with Crippen LogP contribution in [0.25, 0.3) is 0 Å². The van der Waals surface area contributed by atoms with E-state index in [1.165, 1.54) is 0 Å². The summed E-state index contributed by atoms with van der Waals surface area (Å²) >= 11 is 0. The molecule has 5 atom stereocenters. The van der Waals surface area contributed by atoms with Crippen LogP contribution in [0, 0.1) is 0 Å². The molecule has 0 aromatic carbocycles. The Hall–Kier alpha value is -0.610. The molecule has 5 unspecified atom stereocenters. The quantitative estimate of drug-likeness (QED) is 0.233. The summed E-state index contributed by atoms with van der Waals surface area (Å²) in [5, 5.41) is 54.3. The summed E-state index contributed by atoms with van der Waals surface area (Å²) < 4.78 is 0. The van der Waals surface area contributed by atoms with Crippen molar-refractivity contribution in [2.45, 2.75) is 30.5 Å². The number of hydrogen-bond donors (Lipinski definition) is 7. The van der Waals surface area contributed by atoms with Gasteiger partial charge in [-0.15, -0.1) is 0 Å². The molecule has 0 rings (SSSR count). The molecule has 0 fully saturated rings. The highest BCUT2D eigenvalue weighted by Gasteiger charge is 2.36. The Kier molecular flexibility index (Phi) is 6.60. The summed E-state index contributed by atoms with van der Waals surface area (Å²) in [5.41, 5.74) is 4.92. The van der Waals surface area contributed by atoms with E-state index in [1.54, 1.807) is 0 Å². The maximum atomic E-state index is 10.9. The van der Waals surface area contributed by atoms with Gasteiger partial charge >= 0.3 is 0 Å². The molecule has 0 spiro atoms. The maximum absolute atomic E-state index is 10.9. The normalized spacial score (nSPS) is 20.9. The molecule has 8 N–H and O–H groups in total. The lowest BCUT2D eigenvalue weighted by Gasteiger charge is -2.27. The fourth-order valence-electron chi connectivity index (χ4n) is 1.04. The van der Waals surface area contributed by atoms with Crippen LogP contribution in [0.4, 0.5) is 0 Å². The van der Waals surface area contributed by atoms with E-state index in [-0.39, 0.29) is 0 Å². The lowest BCUT2D eigenvalue weighted by Crippen LogP contribution is -2.52. The molecule has 0 aromatic heterocycles. The molecule has 0 bridgehead atoms. The van der Waals surface area contributed by atoms with E-state index in [0.717, 1.165) is 0 Å². The molecular formula is C8H17NO7. The third kappa shape index (κ3) is 3.76. The van der Waals surface area contributed by atoms with Crippen LogP contribution < -0.4 is 5.73 Å². The molecule has 8 nitrogen and oxygen atoms in total. The van der Waals surface area contributed by atoms with Gasteiger partial charge in [-0.3, -0.25) is 4.79 Å². The zero-order valence-corrected chi connectivity index (χ0v) is 8.47. The SMILES string of the molecule is NCC(=O)C(O)C(O)C(O)C(O)C(O)CO. The van der Waals surface area contributed by atoms with Gasteiger partial charge in [-0.1, -0.05) is 0 Å². The summed E-state index contributed by atoms with van der Waals surface area (Å²) in [6, 6.07) is 0. The summed E-state index contributed by atoms with van der Waals surface area (Å²) in [4.78, 5) is 10.9. The van der Waals surface area contributed by atoms with Gasteiger partial charge in [-0.05, 0) is 0 Å². The lowest BCUT2D eigenvalue weighted by molar-refractivity contribution is -0.154. The molecule has 0 amide bonds. The van der Waals surface area contributed by atoms with Crippen molar-refractivity contribution >= 4 is 5.78 Å². The summed E-state index contributed by atoms with van der Waals surface area (Å²) in [5.74, 6) is -0.919. The third-order valence-corrected chi connectivity index (χ3v) is 2.14. The first-order valence-electron chi connectivity index (χ1n) is 4.60. The number of carbonyl (C=O) groups is 1. The fourth-order valence-corrected chi connectivity index (χ4v) is 1.04. The topological polar surface area (TPSA) is 164 Å². The maximum Gasteiger partial charge on any atom is 0.177 e. The molecule has 0 radical (unpaired) electrons. The highest BCUT2D eigenvalue weighted by Crippen LogP contribution is 2.08. The fraction of sp³-hybridized carbons (Fsp3) is 0.875. The van der Waals surface area contributed by atoms with Crippen LogP contribution in [0.3, 0.4) is 0 Å². The van der Waals surface area contributed by atoms with Gasteiger partial charge < -0.3 is 36.4 Å². The smallest absolute Gasteiger partial charge is 0.177 e. The number of aliphatic hydroxyl groups is 6. The van der Waals surface area contributed by atoms with Gasteiger partial charge in [0.25, 0.3) is 0 Å². The highest BCUT2D eigenvalue weighted by molar-refractivity contribution is 5.85. The van der Waals surface area contributed by atoms with Crippen LogP contribution in [-0.2, 0) is 4.79 Å². The van der Waals surface area contributed by atoms with Crippen molar-refractivity contribution in [3.63, 3.8) is 0 Å². The molecule has 0 aliphatic carbocycles. The summed E-state index contributed by atoms with van der Waals surface area (Å²) in [6.07, 6.45) is -9.51. The summed E-state index contributed by atoms with van der Waals surface area (Å²) in [7, 11) is 0. The summed E-state index contributed by atoms with van der Waals surface area (Å²) in [6.45, 7) is -1.38. The van der Waals surface area contributed by atoms with Crippen molar-refractivity contribution in [1.29, 1.82) is 0 Å². The van der Waals surface area contributed by atoms with E-state index in [1.807, 2.05) is 0 Å². The second-order valence-electron chi connectivity index (χ2n) is 3.34. The Labute approximate surface area is 91.6 Å². The van der Waals surface area contributed by atoms with Crippen LogP contribution in [0.2, 0.25) is 0 Å². The predicted octanol–water partition coefficient (Wildman–Crippen LogP) is -4.69. The van der Waals surface area contributed by atoms with Gasteiger partial charge in [0, 0.05) is 0 Å².